The number of nitro groups is 1. The van der Waals surface area contributed by atoms with Crippen molar-refractivity contribution < 1.29 is 9.72 Å². The Labute approximate surface area is 115 Å². The lowest BCUT2D eigenvalue weighted by Crippen LogP contribution is -2.25. The Kier molecular flexibility index (Phi) is 4.28. The molecular formula is C11H16N6O3. The third kappa shape index (κ3) is 3.77. The lowest BCUT2D eigenvalue weighted by atomic mass is 10.3. The first kappa shape index (κ1) is 14.0. The van der Waals surface area contributed by atoms with Gasteiger partial charge < -0.3 is 16.4 Å². The Morgan fingerprint density at radius 1 is 1.50 bits per heavy atom. The molecule has 1 aromatic heterocycles. The van der Waals surface area contributed by atoms with E-state index in [-0.39, 0.29) is 23.2 Å². The quantitative estimate of drug-likeness (QED) is 0.374. The monoisotopic (exact) mass is 280 g/mol. The van der Waals surface area contributed by atoms with Crippen LogP contribution in [0.1, 0.15) is 25.7 Å². The van der Waals surface area contributed by atoms with Gasteiger partial charge >= 0.3 is 5.69 Å². The van der Waals surface area contributed by atoms with Crippen molar-refractivity contribution in [3.8, 4) is 0 Å². The van der Waals surface area contributed by atoms with Crippen LogP contribution in [0.4, 0.5) is 17.3 Å². The lowest BCUT2D eigenvalue weighted by Gasteiger charge is -2.07. The zero-order chi connectivity index (χ0) is 14.5. The van der Waals surface area contributed by atoms with E-state index < -0.39 is 4.92 Å². The van der Waals surface area contributed by atoms with Gasteiger partial charge in [-0.05, 0) is 19.3 Å². The highest BCUT2D eigenvalue weighted by atomic mass is 16.6. The highest BCUT2D eigenvalue weighted by molar-refractivity contribution is 5.76. The molecule has 9 nitrogen and oxygen atoms in total. The molecule has 9 heteroatoms. The summed E-state index contributed by atoms with van der Waals surface area (Å²) in [5.74, 6) is -0.102. The first-order valence-corrected chi connectivity index (χ1v) is 6.36. The van der Waals surface area contributed by atoms with Crippen LogP contribution in [-0.2, 0) is 4.79 Å². The molecule has 0 unspecified atom stereocenters. The maximum absolute atomic E-state index is 11.4. The second-order valence-electron chi connectivity index (χ2n) is 4.59. The normalized spacial score (nSPS) is 13.8. The van der Waals surface area contributed by atoms with Gasteiger partial charge in [-0.25, -0.2) is 9.97 Å². The van der Waals surface area contributed by atoms with Crippen molar-refractivity contribution in [2.75, 3.05) is 17.6 Å². The fourth-order valence-corrected chi connectivity index (χ4v) is 1.69. The van der Waals surface area contributed by atoms with Gasteiger partial charge in [0.2, 0.25) is 17.5 Å². The highest BCUT2D eigenvalue weighted by Crippen LogP contribution is 2.26. The van der Waals surface area contributed by atoms with Gasteiger partial charge in [-0.3, -0.25) is 14.9 Å². The van der Waals surface area contributed by atoms with Gasteiger partial charge in [0.15, 0.2) is 0 Å². The number of carbonyl (C=O) groups excluding carboxylic acids is 1. The summed E-state index contributed by atoms with van der Waals surface area (Å²) in [6.45, 7) is 0.398. The first-order valence-electron chi connectivity index (χ1n) is 6.36. The maximum Gasteiger partial charge on any atom is 0.352 e. The molecule has 1 saturated carbocycles. The van der Waals surface area contributed by atoms with E-state index >= 15 is 0 Å². The molecule has 1 amide bonds. The molecule has 0 spiro atoms. The Balaban J connectivity index is 1.80. The smallest absolute Gasteiger partial charge is 0.352 e. The van der Waals surface area contributed by atoms with E-state index in [0.717, 1.165) is 19.2 Å². The van der Waals surface area contributed by atoms with Crippen molar-refractivity contribution in [3.63, 3.8) is 0 Å². The van der Waals surface area contributed by atoms with Crippen LogP contribution < -0.4 is 16.4 Å². The van der Waals surface area contributed by atoms with Gasteiger partial charge in [-0.15, -0.1) is 0 Å². The number of hydrogen-bond donors (Lipinski definition) is 3. The van der Waals surface area contributed by atoms with Crippen LogP contribution in [0.3, 0.4) is 0 Å². The Bertz CT molecular complexity index is 517. The van der Waals surface area contributed by atoms with Crippen molar-refractivity contribution in [2.24, 2.45) is 0 Å². The van der Waals surface area contributed by atoms with Crippen LogP contribution in [0.5, 0.6) is 0 Å². The van der Waals surface area contributed by atoms with Gasteiger partial charge in [0.25, 0.3) is 0 Å². The summed E-state index contributed by atoms with van der Waals surface area (Å²) in [6.07, 6.45) is 4.19. The number of amides is 1. The molecule has 2 rings (SSSR count). The van der Waals surface area contributed by atoms with E-state index in [4.69, 9.17) is 5.73 Å². The van der Waals surface area contributed by atoms with Crippen LogP contribution >= 0.6 is 0 Å². The average molecular weight is 280 g/mol. The molecule has 0 radical (unpaired) electrons. The summed E-state index contributed by atoms with van der Waals surface area (Å²) in [6, 6.07) is 0.346. The summed E-state index contributed by atoms with van der Waals surface area (Å²) in [5.41, 5.74) is 5.10. The van der Waals surface area contributed by atoms with Crippen LogP contribution in [0.15, 0.2) is 6.33 Å². The van der Waals surface area contributed by atoms with Crippen molar-refractivity contribution in [1.29, 1.82) is 0 Å². The second kappa shape index (κ2) is 6.13. The lowest BCUT2D eigenvalue weighted by molar-refractivity contribution is -0.383. The van der Waals surface area contributed by atoms with Crippen LogP contribution in [0, 0.1) is 10.1 Å². The third-order valence-corrected chi connectivity index (χ3v) is 2.85. The number of anilines is 2. The van der Waals surface area contributed by atoms with Gasteiger partial charge in [0, 0.05) is 19.0 Å². The van der Waals surface area contributed by atoms with E-state index in [1.54, 1.807) is 0 Å². The maximum atomic E-state index is 11.4. The van der Waals surface area contributed by atoms with Crippen molar-refractivity contribution >= 4 is 23.2 Å². The van der Waals surface area contributed by atoms with Gasteiger partial charge in [0.05, 0.1) is 4.92 Å². The number of rotatable bonds is 7. The van der Waals surface area contributed by atoms with E-state index in [2.05, 4.69) is 20.6 Å². The summed E-state index contributed by atoms with van der Waals surface area (Å²) < 4.78 is 0. The molecule has 1 aromatic rings. The minimum absolute atomic E-state index is 0.00556. The fraction of sp³-hybridized carbons (Fsp3) is 0.545. The standard InChI is InChI=1S/C11H16N6O3/c12-10-9(17(19)20)11(15-6-14-10)13-5-1-2-8(18)16-7-3-4-7/h6-7H,1-5H2,(H,16,18)(H3,12,13,14,15). The molecule has 108 valence electrons. The average Bonchev–Trinajstić information content (AvgIpc) is 3.18. The van der Waals surface area contributed by atoms with Crippen LogP contribution in [0.25, 0.3) is 0 Å². The first-order chi connectivity index (χ1) is 9.58. The minimum Gasteiger partial charge on any atom is -0.378 e. The Hall–Kier alpha value is -2.45. The number of nitrogens with zero attached hydrogens (tertiary/aromatic N) is 3. The number of carbonyl (C=O) groups is 1. The molecule has 1 fully saturated rings. The zero-order valence-corrected chi connectivity index (χ0v) is 10.8. The van der Waals surface area contributed by atoms with E-state index in [1.807, 2.05) is 0 Å². The molecule has 0 aromatic carbocycles. The highest BCUT2D eigenvalue weighted by Gasteiger charge is 2.23. The number of hydrogen-bond acceptors (Lipinski definition) is 7. The van der Waals surface area contributed by atoms with E-state index in [1.165, 1.54) is 0 Å². The van der Waals surface area contributed by atoms with E-state index in [9.17, 15) is 14.9 Å². The summed E-state index contributed by atoms with van der Waals surface area (Å²) in [5, 5.41) is 16.5. The zero-order valence-electron chi connectivity index (χ0n) is 10.8. The molecular weight excluding hydrogens is 264 g/mol. The Morgan fingerprint density at radius 2 is 2.25 bits per heavy atom. The van der Waals surface area contributed by atoms with Gasteiger partial charge in [-0.2, -0.15) is 0 Å². The summed E-state index contributed by atoms with van der Waals surface area (Å²) in [7, 11) is 0. The molecule has 0 bridgehead atoms. The fourth-order valence-electron chi connectivity index (χ4n) is 1.69. The number of nitrogens with one attached hydrogen (secondary N) is 2. The largest absolute Gasteiger partial charge is 0.378 e. The van der Waals surface area contributed by atoms with Gasteiger partial charge in [0.1, 0.15) is 6.33 Å². The van der Waals surface area contributed by atoms with Crippen molar-refractivity contribution in [2.45, 2.75) is 31.7 Å². The predicted molar refractivity (Wildman–Crippen MR) is 72.0 cm³/mol. The second-order valence-corrected chi connectivity index (χ2v) is 4.59. The van der Waals surface area contributed by atoms with Crippen LogP contribution in [-0.4, -0.2) is 33.4 Å². The van der Waals surface area contributed by atoms with Gasteiger partial charge in [-0.1, -0.05) is 0 Å². The van der Waals surface area contributed by atoms with E-state index in [0.29, 0.717) is 25.4 Å². The van der Waals surface area contributed by atoms with Crippen molar-refractivity contribution in [3.05, 3.63) is 16.4 Å². The topological polar surface area (TPSA) is 136 Å². The predicted octanol–water partition coefficient (Wildman–Crippen LogP) is 0.438. The number of nitrogen functional groups attached to an aromatic ring is 1. The SMILES string of the molecule is Nc1ncnc(NCCCC(=O)NC2CC2)c1[N+](=O)[O-]. The Morgan fingerprint density at radius 3 is 2.90 bits per heavy atom. The molecule has 1 heterocycles. The van der Waals surface area contributed by atoms with Crippen LogP contribution in [0.2, 0.25) is 0 Å². The molecule has 0 saturated heterocycles. The molecule has 1 aliphatic carbocycles. The molecule has 20 heavy (non-hydrogen) atoms. The number of nitrogens with two attached hydrogens (primary N) is 1. The molecule has 0 atom stereocenters. The summed E-state index contributed by atoms with van der Waals surface area (Å²) >= 11 is 0. The summed E-state index contributed by atoms with van der Waals surface area (Å²) in [4.78, 5) is 29.0. The van der Waals surface area contributed by atoms with Crippen molar-refractivity contribution in [1.82, 2.24) is 15.3 Å². The minimum atomic E-state index is -0.628. The third-order valence-electron chi connectivity index (χ3n) is 2.85. The molecule has 4 N–H and O–H groups in total. The molecule has 0 aliphatic heterocycles. The number of aromatic nitrogens is 2. The molecule has 1 aliphatic rings.